The number of carbonyl (C=O) groups excluding carboxylic acids is 2. The van der Waals surface area contributed by atoms with Crippen molar-refractivity contribution < 1.29 is 14.1 Å². The third-order valence-electron chi connectivity index (χ3n) is 2.53. The van der Waals surface area contributed by atoms with Crippen LogP contribution in [-0.2, 0) is 16.1 Å². The van der Waals surface area contributed by atoms with Gasteiger partial charge in [-0.2, -0.15) is 0 Å². The molecular weight excluding hydrogens is 246 g/mol. The van der Waals surface area contributed by atoms with Gasteiger partial charge in [-0.3, -0.25) is 9.59 Å². The second-order valence-electron chi connectivity index (χ2n) is 3.91. The number of aryl methyl sites for hydroxylation is 1. The molecule has 6 nitrogen and oxygen atoms in total. The molecule has 19 heavy (non-hydrogen) atoms. The van der Waals surface area contributed by atoms with E-state index in [1.807, 2.05) is 6.07 Å². The first-order valence-electron chi connectivity index (χ1n) is 5.71. The number of nitrogens with one attached hydrogen (secondary N) is 2. The molecule has 0 bridgehead atoms. The second-order valence-corrected chi connectivity index (χ2v) is 3.91. The Balaban J connectivity index is 1.86. The summed E-state index contributed by atoms with van der Waals surface area (Å²) in [6.45, 7) is 1.94. The fraction of sp³-hybridized carbons (Fsp3) is 0.154. The number of hydrogen-bond acceptors (Lipinski definition) is 4. The largest absolute Gasteiger partial charge is 0.361 e. The molecule has 0 aliphatic carbocycles. The topological polar surface area (TPSA) is 84.2 Å². The van der Waals surface area contributed by atoms with E-state index in [4.69, 9.17) is 4.52 Å². The predicted octanol–water partition coefficient (Wildman–Crippen LogP) is 1.24. The zero-order valence-electron chi connectivity index (χ0n) is 10.3. The number of anilines is 1. The molecule has 1 heterocycles. The van der Waals surface area contributed by atoms with Crippen molar-refractivity contribution in [2.45, 2.75) is 13.5 Å². The van der Waals surface area contributed by atoms with Crippen molar-refractivity contribution in [1.82, 2.24) is 10.5 Å². The first kappa shape index (κ1) is 12.8. The molecule has 0 fully saturated rings. The average Bonchev–Trinajstić information content (AvgIpc) is 2.82. The van der Waals surface area contributed by atoms with E-state index in [1.165, 1.54) is 6.20 Å². The molecule has 1 aromatic heterocycles. The van der Waals surface area contributed by atoms with Gasteiger partial charge in [-0.15, -0.1) is 0 Å². The zero-order chi connectivity index (χ0) is 13.7. The van der Waals surface area contributed by atoms with Crippen molar-refractivity contribution in [1.29, 1.82) is 0 Å². The highest BCUT2D eigenvalue weighted by Gasteiger charge is 2.14. The van der Waals surface area contributed by atoms with E-state index in [1.54, 1.807) is 31.2 Å². The first-order chi connectivity index (χ1) is 9.16. The summed E-state index contributed by atoms with van der Waals surface area (Å²) in [5, 5.41) is 8.58. The lowest BCUT2D eigenvalue weighted by molar-refractivity contribution is -0.136. The van der Waals surface area contributed by atoms with Crippen LogP contribution in [0.2, 0.25) is 0 Å². The highest BCUT2D eigenvalue weighted by Crippen LogP contribution is 2.06. The number of benzene rings is 1. The number of para-hydroxylation sites is 1. The Morgan fingerprint density at radius 2 is 1.95 bits per heavy atom. The van der Waals surface area contributed by atoms with E-state index in [0.717, 1.165) is 5.56 Å². The van der Waals surface area contributed by atoms with Gasteiger partial charge < -0.3 is 15.2 Å². The minimum absolute atomic E-state index is 0.205. The quantitative estimate of drug-likeness (QED) is 0.812. The lowest BCUT2D eigenvalue weighted by Crippen LogP contribution is -2.34. The molecule has 2 amide bonds. The van der Waals surface area contributed by atoms with Gasteiger partial charge in [-0.1, -0.05) is 23.4 Å². The van der Waals surface area contributed by atoms with E-state index in [0.29, 0.717) is 11.4 Å². The van der Waals surface area contributed by atoms with Crippen molar-refractivity contribution in [2.24, 2.45) is 0 Å². The Hall–Kier alpha value is -2.63. The monoisotopic (exact) mass is 259 g/mol. The van der Waals surface area contributed by atoms with E-state index < -0.39 is 11.8 Å². The smallest absolute Gasteiger partial charge is 0.313 e. The van der Waals surface area contributed by atoms with Gasteiger partial charge in [-0.25, -0.2) is 0 Å². The van der Waals surface area contributed by atoms with Crippen LogP contribution >= 0.6 is 0 Å². The lowest BCUT2D eigenvalue weighted by atomic mass is 10.3. The minimum atomic E-state index is -0.708. The molecule has 6 heteroatoms. The van der Waals surface area contributed by atoms with Crippen molar-refractivity contribution >= 4 is 17.5 Å². The van der Waals surface area contributed by atoms with Crippen LogP contribution in [0.3, 0.4) is 0 Å². The summed E-state index contributed by atoms with van der Waals surface area (Å²) in [4.78, 5) is 23.2. The van der Waals surface area contributed by atoms with Gasteiger partial charge in [-0.05, 0) is 19.1 Å². The molecule has 0 radical (unpaired) electrons. The minimum Gasteiger partial charge on any atom is -0.361 e. The molecule has 0 atom stereocenters. The number of nitrogens with zero attached hydrogens (tertiary/aromatic N) is 1. The molecule has 2 N–H and O–H groups in total. The number of amides is 2. The third kappa shape index (κ3) is 3.41. The Morgan fingerprint density at radius 1 is 1.21 bits per heavy atom. The maximum atomic E-state index is 11.6. The van der Waals surface area contributed by atoms with Gasteiger partial charge in [0.15, 0.2) is 0 Å². The van der Waals surface area contributed by atoms with Crippen molar-refractivity contribution in [3.8, 4) is 0 Å². The van der Waals surface area contributed by atoms with Crippen LogP contribution in [0.25, 0.3) is 0 Å². The van der Waals surface area contributed by atoms with Crippen LogP contribution in [0, 0.1) is 6.92 Å². The number of hydrogen-bond donors (Lipinski definition) is 2. The maximum Gasteiger partial charge on any atom is 0.313 e. The zero-order valence-corrected chi connectivity index (χ0v) is 10.3. The van der Waals surface area contributed by atoms with Gasteiger partial charge in [0, 0.05) is 17.8 Å². The van der Waals surface area contributed by atoms with E-state index in [-0.39, 0.29) is 6.54 Å². The van der Waals surface area contributed by atoms with Crippen LogP contribution in [0.15, 0.2) is 41.1 Å². The number of aromatic nitrogens is 1. The molecule has 0 aliphatic rings. The summed E-state index contributed by atoms with van der Waals surface area (Å²) in [5.74, 6) is -0.798. The number of rotatable bonds is 3. The molecule has 2 aromatic rings. The molecular formula is C13H13N3O3. The van der Waals surface area contributed by atoms with Gasteiger partial charge in [0.1, 0.15) is 5.76 Å². The SMILES string of the molecule is Cc1oncc1CNC(=O)C(=O)Nc1ccccc1. The summed E-state index contributed by atoms with van der Waals surface area (Å²) in [7, 11) is 0. The first-order valence-corrected chi connectivity index (χ1v) is 5.71. The Bertz CT molecular complexity index is 578. The summed E-state index contributed by atoms with van der Waals surface area (Å²) >= 11 is 0. The number of carbonyl (C=O) groups is 2. The molecule has 0 spiro atoms. The van der Waals surface area contributed by atoms with Crippen molar-refractivity contribution in [3.05, 3.63) is 47.9 Å². The summed E-state index contributed by atoms with van der Waals surface area (Å²) in [6.07, 6.45) is 1.50. The molecule has 0 aliphatic heterocycles. The molecule has 2 rings (SSSR count). The molecule has 0 unspecified atom stereocenters. The molecule has 0 saturated heterocycles. The van der Waals surface area contributed by atoms with Gasteiger partial charge in [0.05, 0.1) is 6.20 Å². The van der Waals surface area contributed by atoms with Crippen molar-refractivity contribution in [3.63, 3.8) is 0 Å². The van der Waals surface area contributed by atoms with Crippen LogP contribution in [0.5, 0.6) is 0 Å². The van der Waals surface area contributed by atoms with Crippen LogP contribution in [0.1, 0.15) is 11.3 Å². The average molecular weight is 259 g/mol. The van der Waals surface area contributed by atoms with E-state index in [2.05, 4.69) is 15.8 Å². The fourth-order valence-corrected chi connectivity index (χ4v) is 1.45. The summed E-state index contributed by atoms with van der Waals surface area (Å²) < 4.78 is 4.85. The van der Waals surface area contributed by atoms with Crippen LogP contribution in [-0.4, -0.2) is 17.0 Å². The highest BCUT2D eigenvalue weighted by molar-refractivity contribution is 6.39. The maximum absolute atomic E-state index is 11.6. The molecule has 0 saturated carbocycles. The molecule has 98 valence electrons. The van der Waals surface area contributed by atoms with Gasteiger partial charge in [0.25, 0.3) is 0 Å². The fourth-order valence-electron chi connectivity index (χ4n) is 1.45. The lowest BCUT2D eigenvalue weighted by Gasteiger charge is -2.05. The summed E-state index contributed by atoms with van der Waals surface area (Å²) in [5.41, 5.74) is 1.31. The predicted molar refractivity (Wildman–Crippen MR) is 68.2 cm³/mol. The van der Waals surface area contributed by atoms with E-state index in [9.17, 15) is 9.59 Å². The normalized spacial score (nSPS) is 9.95. The third-order valence-corrected chi connectivity index (χ3v) is 2.53. The Kier molecular flexibility index (Phi) is 3.92. The summed E-state index contributed by atoms with van der Waals surface area (Å²) in [6, 6.07) is 8.77. The second kappa shape index (κ2) is 5.81. The van der Waals surface area contributed by atoms with Crippen molar-refractivity contribution in [2.75, 3.05) is 5.32 Å². The standard InChI is InChI=1S/C13H13N3O3/c1-9-10(8-15-19-9)7-14-12(17)13(18)16-11-5-3-2-4-6-11/h2-6,8H,7H2,1H3,(H,14,17)(H,16,18). The van der Waals surface area contributed by atoms with Gasteiger partial charge in [0.2, 0.25) is 0 Å². The molecule has 1 aromatic carbocycles. The highest BCUT2D eigenvalue weighted by atomic mass is 16.5. The van der Waals surface area contributed by atoms with Gasteiger partial charge >= 0.3 is 11.8 Å². The van der Waals surface area contributed by atoms with Crippen LogP contribution < -0.4 is 10.6 Å². The Labute approximate surface area is 109 Å². The Morgan fingerprint density at radius 3 is 2.58 bits per heavy atom. The van der Waals surface area contributed by atoms with E-state index >= 15 is 0 Å². The van der Waals surface area contributed by atoms with Crippen LogP contribution in [0.4, 0.5) is 5.69 Å².